The maximum Gasteiger partial charge on any atom is 0.122 e. The number of benzene rings is 1. The van der Waals surface area contributed by atoms with E-state index in [1.165, 1.54) is 18.4 Å². The van der Waals surface area contributed by atoms with E-state index in [0.29, 0.717) is 12.0 Å². The Bertz CT molecular complexity index is 399. The lowest BCUT2D eigenvalue weighted by Crippen LogP contribution is -2.40. The Morgan fingerprint density at radius 2 is 2.18 bits per heavy atom. The van der Waals surface area contributed by atoms with E-state index in [9.17, 15) is 0 Å². The second-order valence-electron chi connectivity index (χ2n) is 4.51. The molecule has 0 heterocycles. The number of halogens is 1. The highest BCUT2D eigenvalue weighted by atomic mass is 79.9. The largest absolute Gasteiger partial charge is 0.496 e. The van der Waals surface area contributed by atoms with Gasteiger partial charge in [0.05, 0.1) is 7.11 Å². The minimum atomic E-state index is 0.610. The Labute approximate surface area is 111 Å². The van der Waals surface area contributed by atoms with Crippen LogP contribution in [-0.2, 0) is 0 Å². The number of ether oxygens (including phenoxy) is 1. The number of hydrogen-bond acceptors (Lipinski definition) is 2. The van der Waals surface area contributed by atoms with Crippen molar-refractivity contribution in [2.45, 2.75) is 24.8 Å². The van der Waals surface area contributed by atoms with Crippen molar-refractivity contribution in [1.29, 1.82) is 0 Å². The Balaban J connectivity index is 1.88. The summed E-state index contributed by atoms with van der Waals surface area (Å²) in [5.41, 5.74) is 1.34. The molecule has 2 rings (SSSR count). The average Bonchev–Trinajstić information content (AvgIpc) is 2.27. The van der Waals surface area contributed by atoms with Gasteiger partial charge in [-0.25, -0.2) is 0 Å². The molecule has 0 spiro atoms. The SMILES string of the molecule is C=C(Br)CNC1CC(c2ccccc2OC)C1. The molecule has 1 fully saturated rings. The molecule has 0 saturated heterocycles. The molecule has 0 amide bonds. The molecular formula is C14H18BrNO. The van der Waals surface area contributed by atoms with E-state index in [1.54, 1.807) is 7.11 Å². The zero-order chi connectivity index (χ0) is 12.3. The monoisotopic (exact) mass is 295 g/mol. The van der Waals surface area contributed by atoms with E-state index in [2.05, 4.69) is 40.0 Å². The zero-order valence-electron chi connectivity index (χ0n) is 10.1. The van der Waals surface area contributed by atoms with Gasteiger partial charge < -0.3 is 10.1 Å². The summed E-state index contributed by atoms with van der Waals surface area (Å²) in [6.45, 7) is 4.67. The number of para-hydroxylation sites is 1. The van der Waals surface area contributed by atoms with Crippen molar-refractivity contribution in [2.75, 3.05) is 13.7 Å². The number of rotatable bonds is 5. The quantitative estimate of drug-likeness (QED) is 0.898. The first-order valence-electron chi connectivity index (χ1n) is 5.90. The van der Waals surface area contributed by atoms with Crippen LogP contribution < -0.4 is 10.1 Å². The van der Waals surface area contributed by atoms with Crippen molar-refractivity contribution in [2.24, 2.45) is 0 Å². The van der Waals surface area contributed by atoms with Crippen LogP contribution in [0.25, 0.3) is 0 Å². The fraction of sp³-hybridized carbons (Fsp3) is 0.429. The standard InChI is InChI=1S/C14H18BrNO/c1-10(15)9-16-12-7-11(8-12)13-5-3-4-6-14(13)17-2/h3-6,11-12,16H,1,7-9H2,2H3. The van der Waals surface area contributed by atoms with Crippen LogP contribution in [0.2, 0.25) is 0 Å². The van der Waals surface area contributed by atoms with E-state index >= 15 is 0 Å². The molecular weight excluding hydrogens is 278 g/mol. The van der Waals surface area contributed by atoms with E-state index in [4.69, 9.17) is 4.74 Å². The summed E-state index contributed by atoms with van der Waals surface area (Å²) >= 11 is 3.36. The second kappa shape index (κ2) is 5.69. The second-order valence-corrected chi connectivity index (χ2v) is 5.63. The molecule has 0 aliphatic heterocycles. The summed E-state index contributed by atoms with van der Waals surface area (Å²) in [4.78, 5) is 0. The van der Waals surface area contributed by atoms with E-state index < -0.39 is 0 Å². The molecule has 0 unspecified atom stereocenters. The van der Waals surface area contributed by atoms with Gasteiger partial charge in [0.1, 0.15) is 5.75 Å². The van der Waals surface area contributed by atoms with Gasteiger partial charge in [0.2, 0.25) is 0 Å². The first-order valence-corrected chi connectivity index (χ1v) is 6.69. The van der Waals surface area contributed by atoms with Gasteiger partial charge in [-0.05, 0) is 30.4 Å². The molecule has 17 heavy (non-hydrogen) atoms. The summed E-state index contributed by atoms with van der Waals surface area (Å²) in [5.74, 6) is 1.65. The normalized spacial score (nSPS) is 22.9. The van der Waals surface area contributed by atoms with Crippen molar-refractivity contribution in [3.05, 3.63) is 40.9 Å². The van der Waals surface area contributed by atoms with E-state index in [-0.39, 0.29) is 0 Å². The van der Waals surface area contributed by atoms with Crippen LogP contribution in [0.5, 0.6) is 5.75 Å². The van der Waals surface area contributed by atoms with Crippen LogP contribution in [0.4, 0.5) is 0 Å². The molecule has 0 radical (unpaired) electrons. The van der Waals surface area contributed by atoms with Gasteiger partial charge in [0, 0.05) is 17.1 Å². The smallest absolute Gasteiger partial charge is 0.122 e. The third-order valence-electron chi connectivity index (χ3n) is 3.30. The molecule has 0 aromatic heterocycles. The zero-order valence-corrected chi connectivity index (χ0v) is 11.7. The lowest BCUT2D eigenvalue weighted by atomic mass is 9.75. The predicted molar refractivity (Wildman–Crippen MR) is 74.8 cm³/mol. The predicted octanol–water partition coefficient (Wildman–Crippen LogP) is 3.44. The fourth-order valence-electron chi connectivity index (χ4n) is 2.30. The van der Waals surface area contributed by atoms with Crippen LogP contribution in [-0.4, -0.2) is 19.7 Å². The van der Waals surface area contributed by atoms with Crippen molar-refractivity contribution in [1.82, 2.24) is 5.32 Å². The Morgan fingerprint density at radius 1 is 1.47 bits per heavy atom. The first-order chi connectivity index (χ1) is 8.20. The maximum atomic E-state index is 5.39. The maximum absolute atomic E-state index is 5.39. The molecule has 1 aromatic rings. The topological polar surface area (TPSA) is 21.3 Å². The van der Waals surface area contributed by atoms with Crippen LogP contribution in [0.3, 0.4) is 0 Å². The van der Waals surface area contributed by atoms with Crippen molar-refractivity contribution >= 4 is 15.9 Å². The lowest BCUT2D eigenvalue weighted by molar-refractivity contribution is 0.290. The molecule has 1 aromatic carbocycles. The summed E-state index contributed by atoms with van der Waals surface area (Å²) in [7, 11) is 1.74. The van der Waals surface area contributed by atoms with E-state index in [0.717, 1.165) is 16.8 Å². The molecule has 2 nitrogen and oxygen atoms in total. The molecule has 3 heteroatoms. The molecule has 0 atom stereocenters. The van der Waals surface area contributed by atoms with Crippen molar-refractivity contribution in [3.8, 4) is 5.75 Å². The minimum absolute atomic E-state index is 0.610. The Kier molecular flexibility index (Phi) is 4.24. The first kappa shape index (κ1) is 12.7. The van der Waals surface area contributed by atoms with Gasteiger partial charge in [0.15, 0.2) is 0 Å². The summed E-state index contributed by atoms with van der Waals surface area (Å²) in [6, 6.07) is 8.92. The summed E-state index contributed by atoms with van der Waals surface area (Å²) < 4.78 is 6.41. The van der Waals surface area contributed by atoms with Gasteiger partial charge >= 0.3 is 0 Å². The van der Waals surface area contributed by atoms with Gasteiger partial charge in [0.25, 0.3) is 0 Å². The number of methoxy groups -OCH3 is 1. The van der Waals surface area contributed by atoms with E-state index in [1.807, 2.05) is 12.1 Å². The third-order valence-corrected chi connectivity index (χ3v) is 3.58. The average molecular weight is 296 g/mol. The minimum Gasteiger partial charge on any atom is -0.496 e. The Hall–Kier alpha value is -0.800. The molecule has 1 saturated carbocycles. The van der Waals surface area contributed by atoms with Gasteiger partial charge in [-0.2, -0.15) is 0 Å². The summed E-state index contributed by atoms with van der Waals surface area (Å²) in [5, 5.41) is 3.47. The Morgan fingerprint density at radius 3 is 2.82 bits per heavy atom. The van der Waals surface area contributed by atoms with Gasteiger partial charge in [-0.1, -0.05) is 40.7 Å². The molecule has 1 N–H and O–H groups in total. The molecule has 92 valence electrons. The highest BCUT2D eigenvalue weighted by molar-refractivity contribution is 9.11. The van der Waals surface area contributed by atoms with Crippen LogP contribution >= 0.6 is 15.9 Å². The van der Waals surface area contributed by atoms with Crippen LogP contribution in [0.15, 0.2) is 35.3 Å². The van der Waals surface area contributed by atoms with Gasteiger partial charge in [-0.3, -0.25) is 0 Å². The van der Waals surface area contributed by atoms with Crippen molar-refractivity contribution in [3.63, 3.8) is 0 Å². The highest BCUT2D eigenvalue weighted by Crippen LogP contribution is 2.40. The van der Waals surface area contributed by atoms with Crippen molar-refractivity contribution < 1.29 is 4.74 Å². The molecule has 1 aliphatic rings. The number of hydrogen-bond donors (Lipinski definition) is 1. The highest BCUT2D eigenvalue weighted by Gasteiger charge is 2.31. The van der Waals surface area contributed by atoms with Gasteiger partial charge in [-0.15, -0.1) is 0 Å². The van der Waals surface area contributed by atoms with Crippen LogP contribution in [0, 0.1) is 0 Å². The fourth-order valence-corrected chi connectivity index (χ4v) is 2.46. The molecule has 1 aliphatic carbocycles. The number of nitrogens with one attached hydrogen (secondary N) is 1. The third kappa shape index (κ3) is 3.11. The van der Waals surface area contributed by atoms with Crippen LogP contribution in [0.1, 0.15) is 24.3 Å². The molecule has 0 bridgehead atoms. The summed E-state index contributed by atoms with van der Waals surface area (Å²) in [6.07, 6.45) is 2.36. The lowest BCUT2D eigenvalue weighted by Gasteiger charge is -2.37.